The third kappa shape index (κ3) is 5.91. The van der Waals surface area contributed by atoms with Gasteiger partial charge >= 0.3 is 0 Å². The molecule has 1 N–H and O–H groups in total. The molecular weight excluding hydrogens is 326 g/mol. The zero-order valence-electron chi connectivity index (χ0n) is 14.3. The summed E-state index contributed by atoms with van der Waals surface area (Å²) < 4.78 is 0. The smallest absolute Gasteiger partial charge is 0.194 e. The van der Waals surface area contributed by atoms with E-state index >= 15 is 0 Å². The standard InChI is InChI=1S/C16H25N5S2/c1-5-17-16(21(4)9-14-11-22-13(3)20-14)18-8-6-7-15-19-12(2)10-23-15/h10-11H,5-9H2,1-4H3,(H,17,18). The van der Waals surface area contributed by atoms with E-state index in [0.717, 1.165) is 54.8 Å². The largest absolute Gasteiger partial charge is 0.357 e. The number of aliphatic imine (C=N–C) groups is 1. The molecule has 2 heterocycles. The Labute approximate surface area is 146 Å². The number of hydrogen-bond donors (Lipinski definition) is 1. The number of aromatic nitrogens is 2. The Morgan fingerprint density at radius 3 is 2.70 bits per heavy atom. The summed E-state index contributed by atoms with van der Waals surface area (Å²) in [7, 11) is 2.06. The van der Waals surface area contributed by atoms with E-state index in [1.165, 1.54) is 5.01 Å². The van der Waals surface area contributed by atoms with Gasteiger partial charge in [-0.2, -0.15) is 0 Å². The van der Waals surface area contributed by atoms with Gasteiger partial charge in [-0.05, 0) is 27.2 Å². The van der Waals surface area contributed by atoms with Crippen molar-refractivity contribution in [2.24, 2.45) is 4.99 Å². The van der Waals surface area contributed by atoms with Crippen LogP contribution in [0.1, 0.15) is 34.7 Å². The van der Waals surface area contributed by atoms with Crippen molar-refractivity contribution in [3.8, 4) is 0 Å². The molecule has 23 heavy (non-hydrogen) atoms. The van der Waals surface area contributed by atoms with Crippen molar-refractivity contribution in [2.75, 3.05) is 20.1 Å². The van der Waals surface area contributed by atoms with Gasteiger partial charge in [0.15, 0.2) is 5.96 Å². The first-order valence-electron chi connectivity index (χ1n) is 7.90. The van der Waals surface area contributed by atoms with Crippen LogP contribution in [0.3, 0.4) is 0 Å². The summed E-state index contributed by atoms with van der Waals surface area (Å²) in [5, 5.41) is 9.87. The number of nitrogens with zero attached hydrogens (tertiary/aromatic N) is 4. The van der Waals surface area contributed by atoms with Crippen LogP contribution in [0.2, 0.25) is 0 Å². The zero-order valence-corrected chi connectivity index (χ0v) is 15.9. The number of aryl methyl sites for hydroxylation is 3. The average molecular weight is 352 g/mol. The molecule has 0 amide bonds. The maximum atomic E-state index is 4.72. The zero-order chi connectivity index (χ0) is 16.7. The SMILES string of the molecule is CCNC(=NCCCc1nc(C)cs1)N(C)Cc1csc(C)n1. The summed E-state index contributed by atoms with van der Waals surface area (Å²) in [4.78, 5) is 15.9. The van der Waals surface area contributed by atoms with Gasteiger partial charge in [-0.25, -0.2) is 9.97 Å². The maximum Gasteiger partial charge on any atom is 0.194 e. The van der Waals surface area contributed by atoms with Gasteiger partial charge in [0, 0.05) is 43.0 Å². The van der Waals surface area contributed by atoms with E-state index in [1.54, 1.807) is 22.7 Å². The van der Waals surface area contributed by atoms with Crippen LogP contribution >= 0.6 is 22.7 Å². The lowest BCUT2D eigenvalue weighted by Gasteiger charge is -2.21. The second-order valence-electron chi connectivity index (χ2n) is 5.44. The van der Waals surface area contributed by atoms with Crippen molar-refractivity contribution in [2.45, 2.75) is 40.2 Å². The first-order chi connectivity index (χ1) is 11.1. The molecule has 0 spiro atoms. The molecule has 0 unspecified atom stereocenters. The van der Waals surface area contributed by atoms with Gasteiger partial charge in [0.1, 0.15) is 0 Å². The third-order valence-electron chi connectivity index (χ3n) is 3.24. The predicted octanol–water partition coefficient (Wildman–Crippen LogP) is 3.25. The van der Waals surface area contributed by atoms with Crippen LogP contribution in [0.5, 0.6) is 0 Å². The molecule has 5 nitrogen and oxygen atoms in total. The normalized spacial score (nSPS) is 11.7. The van der Waals surface area contributed by atoms with Gasteiger partial charge in [-0.3, -0.25) is 4.99 Å². The highest BCUT2D eigenvalue weighted by atomic mass is 32.1. The molecular formula is C16H25N5S2. The lowest BCUT2D eigenvalue weighted by Crippen LogP contribution is -2.38. The maximum absolute atomic E-state index is 4.72. The van der Waals surface area contributed by atoms with Gasteiger partial charge in [0.2, 0.25) is 0 Å². The molecule has 0 saturated carbocycles. The van der Waals surface area contributed by atoms with Gasteiger partial charge in [0.05, 0.1) is 22.3 Å². The Hall–Kier alpha value is -1.47. The fourth-order valence-electron chi connectivity index (χ4n) is 2.20. The topological polar surface area (TPSA) is 53.4 Å². The predicted molar refractivity (Wildman–Crippen MR) is 99.5 cm³/mol. The van der Waals surface area contributed by atoms with Crippen molar-refractivity contribution in [3.63, 3.8) is 0 Å². The Kier molecular flexibility index (Phi) is 6.98. The number of thiazole rings is 2. The first-order valence-corrected chi connectivity index (χ1v) is 9.66. The van der Waals surface area contributed by atoms with E-state index in [2.05, 4.69) is 44.9 Å². The van der Waals surface area contributed by atoms with Crippen LogP contribution in [0.4, 0.5) is 0 Å². The number of hydrogen-bond acceptors (Lipinski definition) is 5. The number of guanidine groups is 1. The number of nitrogens with one attached hydrogen (secondary N) is 1. The first kappa shape index (κ1) is 17.9. The second-order valence-corrected chi connectivity index (χ2v) is 7.44. The Balaban J connectivity index is 1.85. The lowest BCUT2D eigenvalue weighted by atomic mass is 10.3. The van der Waals surface area contributed by atoms with Gasteiger partial charge in [-0.15, -0.1) is 22.7 Å². The minimum Gasteiger partial charge on any atom is -0.357 e. The Morgan fingerprint density at radius 2 is 2.09 bits per heavy atom. The molecule has 0 aromatic carbocycles. The monoisotopic (exact) mass is 351 g/mol. The molecule has 0 atom stereocenters. The van der Waals surface area contributed by atoms with Gasteiger partial charge in [-0.1, -0.05) is 0 Å². The number of rotatable bonds is 7. The lowest BCUT2D eigenvalue weighted by molar-refractivity contribution is 0.470. The van der Waals surface area contributed by atoms with Crippen LogP contribution in [-0.2, 0) is 13.0 Å². The van der Waals surface area contributed by atoms with Crippen molar-refractivity contribution < 1.29 is 0 Å². The molecule has 0 bridgehead atoms. The molecule has 7 heteroatoms. The van der Waals surface area contributed by atoms with E-state index in [-0.39, 0.29) is 0 Å². The van der Waals surface area contributed by atoms with Gasteiger partial charge < -0.3 is 10.2 Å². The summed E-state index contributed by atoms with van der Waals surface area (Å²) in [6.07, 6.45) is 2.02. The van der Waals surface area contributed by atoms with Crippen LogP contribution < -0.4 is 5.32 Å². The molecule has 126 valence electrons. The summed E-state index contributed by atoms with van der Waals surface area (Å²) in [6.45, 7) is 8.62. The highest BCUT2D eigenvalue weighted by molar-refractivity contribution is 7.09. The summed E-state index contributed by atoms with van der Waals surface area (Å²) in [5.74, 6) is 0.938. The summed E-state index contributed by atoms with van der Waals surface area (Å²) in [5.41, 5.74) is 2.21. The van der Waals surface area contributed by atoms with E-state index in [1.807, 2.05) is 13.8 Å². The van der Waals surface area contributed by atoms with E-state index in [4.69, 9.17) is 4.99 Å². The molecule has 0 fully saturated rings. The molecule has 0 aliphatic rings. The molecule has 2 rings (SSSR count). The van der Waals surface area contributed by atoms with E-state index in [9.17, 15) is 0 Å². The Bertz CT molecular complexity index is 632. The summed E-state index contributed by atoms with van der Waals surface area (Å²) >= 11 is 3.42. The van der Waals surface area contributed by atoms with Crippen LogP contribution in [0, 0.1) is 13.8 Å². The molecule has 2 aromatic heterocycles. The highest BCUT2D eigenvalue weighted by Crippen LogP contribution is 2.11. The fourth-order valence-corrected chi connectivity index (χ4v) is 3.62. The molecule has 0 aliphatic carbocycles. The molecule has 2 aromatic rings. The minimum atomic E-state index is 0.780. The van der Waals surface area contributed by atoms with Gasteiger partial charge in [0.25, 0.3) is 0 Å². The van der Waals surface area contributed by atoms with E-state index < -0.39 is 0 Å². The fraction of sp³-hybridized carbons (Fsp3) is 0.562. The molecule has 0 aliphatic heterocycles. The average Bonchev–Trinajstić information content (AvgIpc) is 3.11. The highest BCUT2D eigenvalue weighted by Gasteiger charge is 2.08. The van der Waals surface area contributed by atoms with Crippen molar-refractivity contribution in [1.82, 2.24) is 20.2 Å². The van der Waals surface area contributed by atoms with Crippen molar-refractivity contribution >= 4 is 28.6 Å². The van der Waals surface area contributed by atoms with Crippen LogP contribution in [0.15, 0.2) is 15.8 Å². The van der Waals surface area contributed by atoms with Crippen molar-refractivity contribution in [1.29, 1.82) is 0 Å². The quantitative estimate of drug-likeness (QED) is 0.473. The van der Waals surface area contributed by atoms with Crippen LogP contribution in [-0.4, -0.2) is 41.0 Å². The molecule has 0 radical (unpaired) electrons. The minimum absolute atomic E-state index is 0.780. The summed E-state index contributed by atoms with van der Waals surface area (Å²) in [6, 6.07) is 0. The second kappa shape index (κ2) is 8.98. The molecule has 0 saturated heterocycles. The van der Waals surface area contributed by atoms with Crippen LogP contribution in [0.25, 0.3) is 0 Å². The Morgan fingerprint density at radius 1 is 1.26 bits per heavy atom. The van der Waals surface area contributed by atoms with Crippen molar-refractivity contribution in [3.05, 3.63) is 32.2 Å². The van der Waals surface area contributed by atoms with E-state index in [0.29, 0.717) is 0 Å². The third-order valence-corrected chi connectivity index (χ3v) is 5.09.